The molecule has 0 bridgehead atoms. The fraction of sp³-hybridized carbons (Fsp3) is 0.467. The van der Waals surface area contributed by atoms with Crippen molar-refractivity contribution >= 4 is 11.9 Å². The van der Waals surface area contributed by atoms with Crippen LogP contribution in [0.15, 0.2) is 24.3 Å². The third-order valence-electron chi connectivity index (χ3n) is 2.82. The highest BCUT2D eigenvalue weighted by Gasteiger charge is 2.06. The predicted octanol–water partition coefficient (Wildman–Crippen LogP) is 1.58. The summed E-state index contributed by atoms with van der Waals surface area (Å²) >= 11 is 0. The Balaban J connectivity index is 2.39. The van der Waals surface area contributed by atoms with Crippen molar-refractivity contribution in [2.75, 3.05) is 13.2 Å². The SMILES string of the molecule is CCC(C)OCC(=O)NCc1cccc(OCC(=O)O)c1. The van der Waals surface area contributed by atoms with Crippen molar-refractivity contribution < 1.29 is 24.2 Å². The maximum Gasteiger partial charge on any atom is 0.341 e. The van der Waals surface area contributed by atoms with E-state index in [1.54, 1.807) is 18.2 Å². The number of carboxylic acids is 1. The molecule has 0 fully saturated rings. The predicted molar refractivity (Wildman–Crippen MR) is 77.1 cm³/mol. The Labute approximate surface area is 124 Å². The number of carboxylic acid groups (broad SMARTS) is 1. The first-order valence-corrected chi connectivity index (χ1v) is 6.83. The zero-order chi connectivity index (χ0) is 15.7. The lowest BCUT2D eigenvalue weighted by atomic mass is 10.2. The van der Waals surface area contributed by atoms with Gasteiger partial charge in [0.2, 0.25) is 5.91 Å². The molecular weight excluding hydrogens is 274 g/mol. The third kappa shape index (κ3) is 7.31. The summed E-state index contributed by atoms with van der Waals surface area (Å²) in [5.74, 6) is -0.761. The summed E-state index contributed by atoms with van der Waals surface area (Å²) in [6.07, 6.45) is 0.916. The molecule has 1 amide bonds. The molecular formula is C15H21NO5. The molecule has 0 aliphatic carbocycles. The van der Waals surface area contributed by atoms with Gasteiger partial charge in [-0.3, -0.25) is 4.79 Å². The second kappa shape index (κ2) is 8.97. The van der Waals surface area contributed by atoms with Gasteiger partial charge in [0.1, 0.15) is 12.4 Å². The molecule has 0 radical (unpaired) electrons. The maximum absolute atomic E-state index is 11.6. The Morgan fingerprint density at radius 2 is 2.10 bits per heavy atom. The number of aliphatic carboxylic acids is 1. The Kier molecular flexibility index (Phi) is 7.25. The Bertz CT molecular complexity index is 475. The molecule has 0 spiro atoms. The monoisotopic (exact) mass is 295 g/mol. The molecule has 1 aromatic rings. The Hall–Kier alpha value is -2.08. The minimum atomic E-state index is -1.03. The van der Waals surface area contributed by atoms with E-state index in [1.807, 2.05) is 19.9 Å². The zero-order valence-electron chi connectivity index (χ0n) is 12.3. The van der Waals surface area contributed by atoms with Crippen molar-refractivity contribution in [3.63, 3.8) is 0 Å². The molecule has 0 aromatic heterocycles. The first-order chi connectivity index (χ1) is 10.0. The molecule has 0 aliphatic heterocycles. The molecule has 0 heterocycles. The molecule has 6 nitrogen and oxygen atoms in total. The number of carbonyl (C=O) groups is 2. The summed E-state index contributed by atoms with van der Waals surface area (Å²) in [6.45, 7) is 3.89. The van der Waals surface area contributed by atoms with Crippen LogP contribution in [-0.2, 0) is 20.9 Å². The largest absolute Gasteiger partial charge is 0.482 e. The average molecular weight is 295 g/mol. The van der Waals surface area contributed by atoms with E-state index in [9.17, 15) is 9.59 Å². The molecule has 2 N–H and O–H groups in total. The molecule has 21 heavy (non-hydrogen) atoms. The van der Waals surface area contributed by atoms with Crippen LogP contribution in [0.5, 0.6) is 5.75 Å². The van der Waals surface area contributed by atoms with E-state index in [0.29, 0.717) is 12.3 Å². The second-order valence-corrected chi connectivity index (χ2v) is 4.64. The van der Waals surface area contributed by atoms with Gasteiger partial charge in [0, 0.05) is 6.54 Å². The molecule has 116 valence electrons. The van der Waals surface area contributed by atoms with Crippen LogP contribution in [0.4, 0.5) is 0 Å². The summed E-state index contributed by atoms with van der Waals surface area (Å²) in [4.78, 5) is 22.0. The van der Waals surface area contributed by atoms with Crippen LogP contribution in [0.1, 0.15) is 25.8 Å². The van der Waals surface area contributed by atoms with Gasteiger partial charge in [0.15, 0.2) is 6.61 Å². The van der Waals surface area contributed by atoms with Crippen molar-refractivity contribution in [1.29, 1.82) is 0 Å². The molecule has 1 aromatic carbocycles. The van der Waals surface area contributed by atoms with Crippen molar-refractivity contribution in [2.45, 2.75) is 32.9 Å². The van der Waals surface area contributed by atoms with Crippen LogP contribution >= 0.6 is 0 Å². The molecule has 0 saturated carbocycles. The smallest absolute Gasteiger partial charge is 0.341 e. The van der Waals surface area contributed by atoms with Crippen molar-refractivity contribution in [3.8, 4) is 5.75 Å². The van der Waals surface area contributed by atoms with Crippen molar-refractivity contribution in [2.24, 2.45) is 0 Å². The fourth-order valence-corrected chi connectivity index (χ4v) is 1.48. The maximum atomic E-state index is 11.6. The first-order valence-electron chi connectivity index (χ1n) is 6.83. The van der Waals surface area contributed by atoms with Gasteiger partial charge in [-0.1, -0.05) is 19.1 Å². The van der Waals surface area contributed by atoms with Crippen LogP contribution in [-0.4, -0.2) is 36.3 Å². The number of rotatable bonds is 9. The lowest BCUT2D eigenvalue weighted by Crippen LogP contribution is -2.28. The molecule has 1 atom stereocenters. The van der Waals surface area contributed by atoms with Crippen molar-refractivity contribution in [1.82, 2.24) is 5.32 Å². The highest BCUT2D eigenvalue weighted by molar-refractivity contribution is 5.77. The number of amides is 1. The van der Waals surface area contributed by atoms with Crippen molar-refractivity contribution in [3.05, 3.63) is 29.8 Å². The van der Waals surface area contributed by atoms with E-state index in [0.717, 1.165) is 12.0 Å². The summed E-state index contributed by atoms with van der Waals surface area (Å²) in [5.41, 5.74) is 0.828. The molecule has 6 heteroatoms. The molecule has 0 aliphatic rings. The van der Waals surface area contributed by atoms with Gasteiger partial charge in [0.25, 0.3) is 0 Å². The van der Waals surface area contributed by atoms with Crippen LogP contribution in [0.2, 0.25) is 0 Å². The van der Waals surface area contributed by atoms with Crippen LogP contribution < -0.4 is 10.1 Å². The summed E-state index contributed by atoms with van der Waals surface area (Å²) in [5, 5.41) is 11.3. The summed E-state index contributed by atoms with van der Waals surface area (Å²) in [6, 6.07) is 6.93. The van der Waals surface area contributed by atoms with E-state index in [1.165, 1.54) is 0 Å². The van der Waals surface area contributed by atoms with Gasteiger partial charge in [-0.2, -0.15) is 0 Å². The quantitative estimate of drug-likeness (QED) is 0.722. The standard InChI is InChI=1S/C15H21NO5/c1-3-11(2)20-9-14(17)16-8-12-5-4-6-13(7-12)21-10-15(18)19/h4-7,11H,3,8-10H2,1-2H3,(H,16,17)(H,18,19). The number of hydrogen-bond acceptors (Lipinski definition) is 4. The van der Waals surface area contributed by atoms with Gasteiger partial charge in [-0.25, -0.2) is 4.79 Å². The second-order valence-electron chi connectivity index (χ2n) is 4.64. The number of carbonyl (C=O) groups excluding carboxylic acids is 1. The average Bonchev–Trinajstić information content (AvgIpc) is 2.48. The summed E-state index contributed by atoms with van der Waals surface area (Å²) < 4.78 is 10.4. The Morgan fingerprint density at radius 1 is 1.33 bits per heavy atom. The number of benzene rings is 1. The zero-order valence-corrected chi connectivity index (χ0v) is 12.3. The topological polar surface area (TPSA) is 84.9 Å². The third-order valence-corrected chi connectivity index (χ3v) is 2.82. The minimum absolute atomic E-state index is 0.0320. The van der Waals surface area contributed by atoms with Gasteiger partial charge < -0.3 is 19.9 Å². The highest BCUT2D eigenvalue weighted by Crippen LogP contribution is 2.13. The normalized spacial score (nSPS) is 11.7. The van der Waals surface area contributed by atoms with E-state index in [-0.39, 0.29) is 18.6 Å². The van der Waals surface area contributed by atoms with Crippen LogP contribution in [0.3, 0.4) is 0 Å². The van der Waals surface area contributed by atoms with Gasteiger partial charge in [-0.15, -0.1) is 0 Å². The number of ether oxygens (including phenoxy) is 2. The fourth-order valence-electron chi connectivity index (χ4n) is 1.48. The molecule has 1 unspecified atom stereocenters. The number of hydrogen-bond donors (Lipinski definition) is 2. The van der Waals surface area contributed by atoms with Gasteiger partial charge >= 0.3 is 5.97 Å². The molecule has 1 rings (SSSR count). The van der Waals surface area contributed by atoms with Gasteiger partial charge in [0.05, 0.1) is 6.10 Å². The Morgan fingerprint density at radius 3 is 2.76 bits per heavy atom. The van der Waals surface area contributed by atoms with E-state index in [4.69, 9.17) is 14.6 Å². The molecule has 0 saturated heterocycles. The van der Waals surface area contributed by atoms with Gasteiger partial charge in [-0.05, 0) is 31.0 Å². The number of nitrogens with one attached hydrogen (secondary N) is 1. The van der Waals surface area contributed by atoms with Crippen LogP contribution in [0, 0.1) is 0 Å². The van der Waals surface area contributed by atoms with E-state index < -0.39 is 12.6 Å². The first kappa shape index (κ1) is 17.0. The van der Waals surface area contributed by atoms with E-state index >= 15 is 0 Å². The van der Waals surface area contributed by atoms with Crippen LogP contribution in [0.25, 0.3) is 0 Å². The summed E-state index contributed by atoms with van der Waals surface area (Å²) in [7, 11) is 0. The van der Waals surface area contributed by atoms with E-state index in [2.05, 4.69) is 5.32 Å². The highest BCUT2D eigenvalue weighted by atomic mass is 16.5. The lowest BCUT2D eigenvalue weighted by Gasteiger charge is -2.11. The lowest BCUT2D eigenvalue weighted by molar-refractivity contribution is -0.139. The minimum Gasteiger partial charge on any atom is -0.482 e.